The lowest BCUT2D eigenvalue weighted by Crippen LogP contribution is -2.50. The standard InChI is InChI=1S/C10H12N4O2/c11-6-7-2-1-4-12-9(7)14-5-3-8(15)13-10(14)16/h1-2,4H,3,5-6,11H2,(H,13,15,16). The molecule has 84 valence electrons. The molecule has 3 N–H and O–H groups in total. The number of carbonyl (C=O) groups excluding carboxylic acids is 2. The van der Waals surface area contributed by atoms with Crippen LogP contribution in [0.2, 0.25) is 0 Å². The zero-order valence-electron chi connectivity index (χ0n) is 8.64. The Morgan fingerprint density at radius 1 is 1.50 bits per heavy atom. The molecule has 16 heavy (non-hydrogen) atoms. The van der Waals surface area contributed by atoms with Gasteiger partial charge >= 0.3 is 6.03 Å². The Kier molecular flexibility index (Phi) is 2.82. The molecule has 1 aromatic heterocycles. The average molecular weight is 220 g/mol. The summed E-state index contributed by atoms with van der Waals surface area (Å²) in [4.78, 5) is 28.1. The molecule has 0 radical (unpaired) electrons. The summed E-state index contributed by atoms with van der Waals surface area (Å²) < 4.78 is 0. The molecular formula is C10H12N4O2. The van der Waals surface area contributed by atoms with E-state index >= 15 is 0 Å². The summed E-state index contributed by atoms with van der Waals surface area (Å²) in [5.41, 5.74) is 6.35. The summed E-state index contributed by atoms with van der Waals surface area (Å²) in [6.45, 7) is 0.648. The van der Waals surface area contributed by atoms with E-state index in [9.17, 15) is 9.59 Å². The largest absolute Gasteiger partial charge is 0.329 e. The summed E-state index contributed by atoms with van der Waals surface area (Å²) in [5, 5.41) is 2.25. The minimum Gasteiger partial charge on any atom is -0.326 e. The molecular weight excluding hydrogens is 208 g/mol. The maximum atomic E-state index is 11.6. The number of anilines is 1. The molecule has 3 amide bonds. The van der Waals surface area contributed by atoms with Crippen LogP contribution >= 0.6 is 0 Å². The number of pyridine rings is 1. The number of urea groups is 1. The first kappa shape index (κ1) is 10.6. The number of amides is 3. The minimum atomic E-state index is -0.440. The fourth-order valence-corrected chi connectivity index (χ4v) is 1.60. The molecule has 1 saturated heterocycles. The van der Waals surface area contributed by atoms with Crippen molar-refractivity contribution in [2.75, 3.05) is 11.4 Å². The lowest BCUT2D eigenvalue weighted by Gasteiger charge is -2.26. The number of carbonyl (C=O) groups is 2. The van der Waals surface area contributed by atoms with Gasteiger partial charge in [-0.3, -0.25) is 15.0 Å². The van der Waals surface area contributed by atoms with Crippen LogP contribution in [0.4, 0.5) is 10.6 Å². The normalized spacial score (nSPS) is 16.2. The maximum absolute atomic E-state index is 11.6. The molecule has 0 saturated carbocycles. The van der Waals surface area contributed by atoms with E-state index in [1.54, 1.807) is 12.3 Å². The second-order valence-electron chi connectivity index (χ2n) is 3.45. The highest BCUT2D eigenvalue weighted by atomic mass is 16.2. The molecule has 0 aromatic carbocycles. The van der Waals surface area contributed by atoms with Gasteiger partial charge in [-0.1, -0.05) is 6.07 Å². The third kappa shape index (κ3) is 1.87. The van der Waals surface area contributed by atoms with E-state index in [1.165, 1.54) is 4.90 Å². The summed E-state index contributed by atoms with van der Waals surface area (Å²) in [6.07, 6.45) is 1.88. The number of hydrogen-bond donors (Lipinski definition) is 2. The van der Waals surface area contributed by atoms with Crippen molar-refractivity contribution in [1.29, 1.82) is 0 Å². The number of nitrogens with two attached hydrogens (primary N) is 1. The van der Waals surface area contributed by atoms with Crippen molar-refractivity contribution in [3.05, 3.63) is 23.9 Å². The van der Waals surface area contributed by atoms with Gasteiger partial charge in [0.25, 0.3) is 0 Å². The van der Waals surface area contributed by atoms with E-state index in [0.29, 0.717) is 18.9 Å². The summed E-state index contributed by atoms with van der Waals surface area (Å²) in [5.74, 6) is 0.265. The molecule has 1 aliphatic heterocycles. The molecule has 1 aliphatic rings. The number of nitrogens with one attached hydrogen (secondary N) is 1. The first-order valence-corrected chi connectivity index (χ1v) is 4.97. The van der Waals surface area contributed by atoms with Gasteiger partial charge in [-0.2, -0.15) is 0 Å². The van der Waals surface area contributed by atoms with E-state index in [0.717, 1.165) is 5.56 Å². The number of aromatic nitrogens is 1. The Hall–Kier alpha value is -1.95. The summed E-state index contributed by atoms with van der Waals surface area (Å²) >= 11 is 0. The maximum Gasteiger partial charge on any atom is 0.329 e. The monoisotopic (exact) mass is 220 g/mol. The van der Waals surface area contributed by atoms with Crippen LogP contribution in [0.25, 0.3) is 0 Å². The van der Waals surface area contributed by atoms with Crippen molar-refractivity contribution >= 4 is 17.8 Å². The summed E-state index contributed by atoms with van der Waals surface area (Å²) in [7, 11) is 0. The van der Waals surface area contributed by atoms with Gasteiger partial charge in [-0.15, -0.1) is 0 Å². The van der Waals surface area contributed by atoms with Gasteiger partial charge in [0, 0.05) is 31.3 Å². The quantitative estimate of drug-likeness (QED) is 0.733. The Balaban J connectivity index is 2.30. The van der Waals surface area contributed by atoms with Gasteiger partial charge in [0.05, 0.1) is 0 Å². The van der Waals surface area contributed by atoms with Crippen molar-refractivity contribution in [2.45, 2.75) is 13.0 Å². The number of rotatable bonds is 2. The summed E-state index contributed by atoms with van der Waals surface area (Å²) in [6, 6.07) is 3.13. The molecule has 0 bridgehead atoms. The molecule has 0 aliphatic carbocycles. The Morgan fingerprint density at radius 2 is 2.31 bits per heavy atom. The fraction of sp³-hybridized carbons (Fsp3) is 0.300. The van der Waals surface area contributed by atoms with Crippen molar-refractivity contribution < 1.29 is 9.59 Å². The van der Waals surface area contributed by atoms with Gasteiger partial charge in [-0.05, 0) is 6.07 Å². The fourth-order valence-electron chi connectivity index (χ4n) is 1.60. The van der Waals surface area contributed by atoms with Gasteiger partial charge in [0.2, 0.25) is 5.91 Å². The highest BCUT2D eigenvalue weighted by Gasteiger charge is 2.26. The van der Waals surface area contributed by atoms with E-state index in [4.69, 9.17) is 5.73 Å². The smallest absolute Gasteiger partial charge is 0.326 e. The number of nitrogens with zero attached hydrogens (tertiary/aromatic N) is 2. The predicted octanol–water partition coefficient (Wildman–Crippen LogP) is -0.0134. The first-order chi connectivity index (χ1) is 7.72. The van der Waals surface area contributed by atoms with Crippen LogP contribution in [0, 0.1) is 0 Å². The highest BCUT2D eigenvalue weighted by Crippen LogP contribution is 2.18. The minimum absolute atomic E-state index is 0.258. The molecule has 0 spiro atoms. The van der Waals surface area contributed by atoms with E-state index < -0.39 is 6.03 Å². The van der Waals surface area contributed by atoms with Crippen LogP contribution < -0.4 is 16.0 Å². The third-order valence-corrected chi connectivity index (χ3v) is 2.40. The molecule has 2 heterocycles. The highest BCUT2D eigenvalue weighted by molar-refractivity contribution is 6.05. The average Bonchev–Trinajstić information content (AvgIpc) is 2.29. The Labute approximate surface area is 92.4 Å². The van der Waals surface area contributed by atoms with Crippen molar-refractivity contribution in [1.82, 2.24) is 10.3 Å². The van der Waals surface area contributed by atoms with E-state index in [-0.39, 0.29) is 12.3 Å². The molecule has 1 aromatic rings. The zero-order valence-corrected chi connectivity index (χ0v) is 8.64. The zero-order chi connectivity index (χ0) is 11.5. The molecule has 6 heteroatoms. The first-order valence-electron chi connectivity index (χ1n) is 4.97. The second-order valence-corrected chi connectivity index (χ2v) is 3.45. The molecule has 0 atom stereocenters. The topological polar surface area (TPSA) is 88.3 Å². The third-order valence-electron chi connectivity index (χ3n) is 2.40. The van der Waals surface area contributed by atoms with Crippen LogP contribution in [-0.2, 0) is 11.3 Å². The van der Waals surface area contributed by atoms with Crippen molar-refractivity contribution in [2.24, 2.45) is 5.73 Å². The lowest BCUT2D eigenvalue weighted by atomic mass is 10.2. The number of imide groups is 1. The van der Waals surface area contributed by atoms with Gasteiger partial charge in [0.1, 0.15) is 5.82 Å². The Bertz CT molecular complexity index is 433. The van der Waals surface area contributed by atoms with E-state index in [1.807, 2.05) is 6.07 Å². The molecule has 0 unspecified atom stereocenters. The van der Waals surface area contributed by atoms with Crippen LogP contribution in [0.15, 0.2) is 18.3 Å². The molecule has 1 fully saturated rings. The number of hydrogen-bond acceptors (Lipinski definition) is 4. The van der Waals surface area contributed by atoms with E-state index in [2.05, 4.69) is 10.3 Å². The van der Waals surface area contributed by atoms with Gasteiger partial charge in [0.15, 0.2) is 0 Å². The Morgan fingerprint density at radius 3 is 3.00 bits per heavy atom. The van der Waals surface area contributed by atoms with Crippen molar-refractivity contribution in [3.8, 4) is 0 Å². The lowest BCUT2D eigenvalue weighted by molar-refractivity contribution is -0.120. The van der Waals surface area contributed by atoms with Crippen molar-refractivity contribution in [3.63, 3.8) is 0 Å². The van der Waals surface area contributed by atoms with Crippen LogP contribution in [-0.4, -0.2) is 23.5 Å². The SMILES string of the molecule is NCc1cccnc1N1CCC(=O)NC1=O. The van der Waals surface area contributed by atoms with Gasteiger partial charge < -0.3 is 5.73 Å². The van der Waals surface area contributed by atoms with Crippen LogP contribution in [0.1, 0.15) is 12.0 Å². The second kappa shape index (κ2) is 4.28. The molecule has 2 rings (SSSR count). The van der Waals surface area contributed by atoms with Crippen LogP contribution in [0.3, 0.4) is 0 Å². The van der Waals surface area contributed by atoms with Gasteiger partial charge in [-0.25, -0.2) is 9.78 Å². The molecule has 6 nitrogen and oxygen atoms in total. The van der Waals surface area contributed by atoms with Crippen LogP contribution in [0.5, 0.6) is 0 Å². The predicted molar refractivity (Wildman–Crippen MR) is 57.6 cm³/mol.